The van der Waals surface area contributed by atoms with Crippen LogP contribution in [-0.4, -0.2) is 39.3 Å². The molecule has 0 unspecified atom stereocenters. The molecular weight excluding hydrogens is 376 g/mol. The number of fused-ring (bicyclic) bond motifs is 1. The molecule has 0 bridgehead atoms. The molecule has 1 aliphatic rings. The fourth-order valence-corrected chi connectivity index (χ4v) is 3.49. The largest absolute Gasteiger partial charge is 0.488 e. The third kappa shape index (κ3) is 3.75. The van der Waals surface area contributed by atoms with E-state index in [1.165, 1.54) is 26.2 Å². The lowest BCUT2D eigenvalue weighted by molar-refractivity contribution is -0.113. The van der Waals surface area contributed by atoms with Crippen LogP contribution in [0.15, 0.2) is 52.9 Å². The summed E-state index contributed by atoms with van der Waals surface area (Å²) in [7, 11) is -0.577. The zero-order valence-electron chi connectivity index (χ0n) is 14.2. The molecule has 0 aliphatic carbocycles. The van der Waals surface area contributed by atoms with Gasteiger partial charge in [-0.1, -0.05) is 11.6 Å². The van der Waals surface area contributed by atoms with Gasteiger partial charge >= 0.3 is 0 Å². The lowest BCUT2D eigenvalue weighted by Gasteiger charge is -2.18. The Morgan fingerprint density at radius 1 is 1.15 bits per heavy atom. The van der Waals surface area contributed by atoms with Gasteiger partial charge < -0.3 is 10.1 Å². The van der Waals surface area contributed by atoms with Crippen molar-refractivity contribution in [2.45, 2.75) is 4.90 Å². The van der Waals surface area contributed by atoms with Gasteiger partial charge in [-0.3, -0.25) is 4.79 Å². The second-order valence-electron chi connectivity index (χ2n) is 5.91. The van der Waals surface area contributed by atoms with Crippen LogP contribution in [0.25, 0.3) is 6.08 Å². The highest BCUT2D eigenvalue weighted by Crippen LogP contribution is 2.29. The van der Waals surface area contributed by atoms with Crippen LogP contribution in [0.2, 0.25) is 5.02 Å². The number of hydrogen-bond acceptors (Lipinski definition) is 4. The predicted octanol–water partition coefficient (Wildman–Crippen LogP) is 3.00. The number of amides is 1. The Morgan fingerprint density at radius 3 is 2.50 bits per heavy atom. The molecule has 136 valence electrons. The summed E-state index contributed by atoms with van der Waals surface area (Å²) in [6.45, 7) is 0.146. The maximum Gasteiger partial charge on any atom is 0.255 e. The van der Waals surface area contributed by atoms with Crippen LogP contribution in [-0.2, 0) is 14.8 Å². The molecule has 1 heterocycles. The maximum atomic E-state index is 12.4. The number of nitrogens with zero attached hydrogens (tertiary/aromatic N) is 1. The average Bonchev–Trinajstić information content (AvgIpc) is 2.61. The van der Waals surface area contributed by atoms with E-state index in [0.29, 0.717) is 22.0 Å². The molecule has 0 saturated heterocycles. The molecule has 0 radical (unpaired) electrons. The number of carbonyl (C=O) groups is 1. The van der Waals surface area contributed by atoms with Crippen molar-refractivity contribution in [2.75, 3.05) is 26.0 Å². The molecular formula is C18H17ClN2O4S. The minimum Gasteiger partial charge on any atom is -0.488 e. The Kier molecular flexibility index (Phi) is 5.04. The van der Waals surface area contributed by atoms with E-state index in [4.69, 9.17) is 16.3 Å². The van der Waals surface area contributed by atoms with E-state index in [-0.39, 0.29) is 17.4 Å². The zero-order chi connectivity index (χ0) is 18.9. The number of halogens is 1. The number of benzene rings is 2. The monoisotopic (exact) mass is 392 g/mol. The highest BCUT2D eigenvalue weighted by molar-refractivity contribution is 7.89. The number of ether oxygens (including phenoxy) is 1. The van der Waals surface area contributed by atoms with Crippen LogP contribution in [0.4, 0.5) is 5.69 Å². The van der Waals surface area contributed by atoms with Crippen molar-refractivity contribution in [1.29, 1.82) is 0 Å². The molecule has 8 heteroatoms. The van der Waals surface area contributed by atoms with E-state index in [9.17, 15) is 13.2 Å². The van der Waals surface area contributed by atoms with E-state index in [1.54, 1.807) is 36.4 Å². The van der Waals surface area contributed by atoms with Gasteiger partial charge in [-0.15, -0.1) is 0 Å². The summed E-state index contributed by atoms with van der Waals surface area (Å²) in [5.74, 6) is 0.350. The quantitative estimate of drug-likeness (QED) is 0.867. The Morgan fingerprint density at radius 2 is 1.85 bits per heavy atom. The lowest BCUT2D eigenvalue weighted by atomic mass is 10.1. The number of anilines is 1. The molecule has 0 saturated carbocycles. The van der Waals surface area contributed by atoms with Crippen molar-refractivity contribution in [3.05, 3.63) is 58.6 Å². The number of hydrogen-bond donors (Lipinski definition) is 1. The Labute approximate surface area is 157 Å². The summed E-state index contributed by atoms with van der Waals surface area (Å²) in [6.07, 6.45) is 1.73. The normalized spacial score (nSPS) is 13.6. The standard InChI is InChI=1S/C18H17ClN2O4S/c1-21(2)26(23,24)16-6-4-15(5-7-16)20-18(22)13-9-12-10-14(19)3-8-17(12)25-11-13/h3-10H,11H2,1-2H3,(H,20,22). The summed E-state index contributed by atoms with van der Waals surface area (Å²) in [5.41, 5.74) is 1.68. The second-order valence-corrected chi connectivity index (χ2v) is 8.49. The topological polar surface area (TPSA) is 75.7 Å². The van der Waals surface area contributed by atoms with Gasteiger partial charge in [-0.25, -0.2) is 12.7 Å². The van der Waals surface area contributed by atoms with Gasteiger partial charge in [0, 0.05) is 30.4 Å². The minimum atomic E-state index is -3.50. The van der Waals surface area contributed by atoms with E-state index < -0.39 is 10.0 Å². The van der Waals surface area contributed by atoms with Crippen molar-refractivity contribution in [3.63, 3.8) is 0 Å². The molecule has 6 nitrogen and oxygen atoms in total. The summed E-state index contributed by atoms with van der Waals surface area (Å²) < 4.78 is 30.8. The molecule has 2 aromatic rings. The van der Waals surface area contributed by atoms with Gasteiger partial charge in [0.15, 0.2) is 0 Å². The fourth-order valence-electron chi connectivity index (χ4n) is 2.41. The highest BCUT2D eigenvalue weighted by atomic mass is 35.5. The van der Waals surface area contributed by atoms with E-state index in [0.717, 1.165) is 9.87 Å². The third-order valence-electron chi connectivity index (χ3n) is 3.87. The second kappa shape index (κ2) is 7.11. The predicted molar refractivity (Wildman–Crippen MR) is 101 cm³/mol. The smallest absolute Gasteiger partial charge is 0.255 e. The first-order valence-corrected chi connectivity index (χ1v) is 9.56. The van der Waals surface area contributed by atoms with Crippen LogP contribution in [0.5, 0.6) is 5.75 Å². The zero-order valence-corrected chi connectivity index (χ0v) is 15.8. The van der Waals surface area contributed by atoms with Gasteiger partial charge in [0.25, 0.3) is 5.91 Å². The number of carbonyl (C=O) groups excluding carboxylic acids is 1. The highest BCUT2D eigenvalue weighted by Gasteiger charge is 2.19. The van der Waals surface area contributed by atoms with Crippen molar-refractivity contribution >= 4 is 39.3 Å². The first kappa shape index (κ1) is 18.4. The summed E-state index contributed by atoms with van der Waals surface area (Å²) >= 11 is 5.97. The van der Waals surface area contributed by atoms with Gasteiger partial charge in [0.1, 0.15) is 12.4 Å². The van der Waals surface area contributed by atoms with Crippen molar-refractivity contribution in [3.8, 4) is 5.75 Å². The van der Waals surface area contributed by atoms with Crippen LogP contribution in [0.1, 0.15) is 5.56 Å². The van der Waals surface area contributed by atoms with E-state index in [2.05, 4.69) is 5.32 Å². The molecule has 3 rings (SSSR count). The molecule has 0 fully saturated rings. The third-order valence-corrected chi connectivity index (χ3v) is 5.93. The first-order valence-electron chi connectivity index (χ1n) is 7.74. The van der Waals surface area contributed by atoms with E-state index >= 15 is 0 Å². The van der Waals surface area contributed by atoms with Crippen LogP contribution < -0.4 is 10.1 Å². The van der Waals surface area contributed by atoms with Gasteiger partial charge in [0.2, 0.25) is 10.0 Å². The van der Waals surface area contributed by atoms with Crippen molar-refractivity contribution in [1.82, 2.24) is 4.31 Å². The molecule has 2 aromatic carbocycles. The number of sulfonamides is 1. The first-order chi connectivity index (χ1) is 12.3. The molecule has 26 heavy (non-hydrogen) atoms. The molecule has 0 atom stereocenters. The maximum absolute atomic E-state index is 12.4. The van der Waals surface area contributed by atoms with Gasteiger partial charge in [0.05, 0.1) is 10.5 Å². The lowest BCUT2D eigenvalue weighted by Crippen LogP contribution is -2.22. The summed E-state index contributed by atoms with van der Waals surface area (Å²) in [5, 5.41) is 3.29. The number of nitrogens with one attached hydrogen (secondary N) is 1. The Balaban J connectivity index is 1.77. The summed E-state index contributed by atoms with van der Waals surface area (Å²) in [4.78, 5) is 12.6. The van der Waals surface area contributed by atoms with Crippen LogP contribution in [0, 0.1) is 0 Å². The minimum absolute atomic E-state index is 0.146. The van der Waals surface area contributed by atoms with Gasteiger partial charge in [-0.05, 0) is 48.5 Å². The molecule has 0 spiro atoms. The number of rotatable bonds is 4. The SMILES string of the molecule is CN(C)S(=O)(=O)c1ccc(NC(=O)C2=Cc3cc(Cl)ccc3OC2)cc1. The van der Waals surface area contributed by atoms with Crippen LogP contribution in [0.3, 0.4) is 0 Å². The fraction of sp³-hybridized carbons (Fsp3) is 0.167. The van der Waals surface area contributed by atoms with Gasteiger partial charge in [-0.2, -0.15) is 0 Å². The molecule has 1 aliphatic heterocycles. The average molecular weight is 393 g/mol. The van der Waals surface area contributed by atoms with E-state index in [1.807, 2.05) is 0 Å². The summed E-state index contributed by atoms with van der Waals surface area (Å²) in [6, 6.07) is 11.2. The van der Waals surface area contributed by atoms with Crippen molar-refractivity contribution in [2.24, 2.45) is 0 Å². The Bertz CT molecular complexity index is 983. The van der Waals surface area contributed by atoms with Crippen LogP contribution >= 0.6 is 11.6 Å². The molecule has 1 N–H and O–H groups in total. The Hall–Kier alpha value is -2.35. The van der Waals surface area contributed by atoms with Crippen molar-refractivity contribution < 1.29 is 17.9 Å². The molecule has 0 aromatic heterocycles. The molecule has 1 amide bonds.